The number of allylic oxidation sites excluding steroid dienone is 2. The van der Waals surface area contributed by atoms with Crippen LogP contribution in [0.2, 0.25) is 0 Å². The normalized spacial score (nSPS) is 25.3. The lowest BCUT2D eigenvalue weighted by Gasteiger charge is -2.40. The summed E-state index contributed by atoms with van der Waals surface area (Å²) in [4.78, 5) is 31.5. The molecule has 2 heterocycles. The Hall–Kier alpha value is -1.36. The number of nitrogens with zero attached hydrogens (tertiary/aromatic N) is 3. The van der Waals surface area contributed by atoms with Crippen LogP contribution in [-0.4, -0.2) is 71.8 Å². The maximum atomic E-state index is 12.7. The molecule has 0 aromatic heterocycles. The van der Waals surface area contributed by atoms with Crippen molar-refractivity contribution >= 4 is 11.8 Å². The maximum absolute atomic E-state index is 12.7. The van der Waals surface area contributed by atoms with Crippen LogP contribution in [-0.2, 0) is 9.59 Å². The second-order valence-corrected chi connectivity index (χ2v) is 7.83. The molecule has 2 fully saturated rings. The van der Waals surface area contributed by atoms with Crippen LogP contribution >= 0.6 is 0 Å². The molecule has 1 unspecified atom stereocenters. The molecular weight excluding hydrogens is 314 g/mol. The zero-order valence-corrected chi connectivity index (χ0v) is 15.7. The highest BCUT2D eigenvalue weighted by atomic mass is 16.2. The van der Waals surface area contributed by atoms with Crippen molar-refractivity contribution in [2.24, 2.45) is 5.92 Å². The third-order valence-electron chi connectivity index (χ3n) is 6.02. The molecule has 3 rings (SSSR count). The molecule has 5 heteroatoms. The van der Waals surface area contributed by atoms with Gasteiger partial charge in [-0.25, -0.2) is 0 Å². The van der Waals surface area contributed by atoms with E-state index in [-0.39, 0.29) is 23.8 Å². The largest absolute Gasteiger partial charge is 0.340 e. The van der Waals surface area contributed by atoms with Crippen LogP contribution in [0.4, 0.5) is 0 Å². The summed E-state index contributed by atoms with van der Waals surface area (Å²) in [5.41, 5.74) is 0. The standard InChI is InChI=1S/C20H33N3O2/c1-17(24)23(15-14-21-11-5-2-6-12-21)19-10-7-13-22(16-19)20(25)18-8-3-4-9-18/h3-4,18-19H,2,5-16H2,1H3. The maximum Gasteiger partial charge on any atom is 0.226 e. The number of piperidine rings is 2. The summed E-state index contributed by atoms with van der Waals surface area (Å²) in [5, 5.41) is 0. The van der Waals surface area contributed by atoms with Gasteiger partial charge < -0.3 is 14.7 Å². The van der Waals surface area contributed by atoms with E-state index >= 15 is 0 Å². The molecule has 3 aliphatic rings. The lowest BCUT2D eigenvalue weighted by molar-refractivity contribution is -0.141. The zero-order chi connectivity index (χ0) is 17.6. The van der Waals surface area contributed by atoms with Crippen molar-refractivity contribution in [1.29, 1.82) is 0 Å². The molecule has 0 N–H and O–H groups in total. The molecule has 0 aromatic carbocycles. The second-order valence-electron chi connectivity index (χ2n) is 7.83. The Balaban J connectivity index is 1.54. The van der Waals surface area contributed by atoms with Gasteiger partial charge in [-0.15, -0.1) is 0 Å². The molecule has 140 valence electrons. The van der Waals surface area contributed by atoms with E-state index in [0.29, 0.717) is 0 Å². The van der Waals surface area contributed by atoms with E-state index in [4.69, 9.17) is 0 Å². The van der Waals surface area contributed by atoms with Crippen LogP contribution in [0.3, 0.4) is 0 Å². The van der Waals surface area contributed by atoms with Gasteiger partial charge in [-0.2, -0.15) is 0 Å². The zero-order valence-electron chi connectivity index (χ0n) is 15.7. The third kappa shape index (κ3) is 4.84. The number of carbonyl (C=O) groups is 2. The fourth-order valence-electron chi connectivity index (χ4n) is 4.52. The predicted molar refractivity (Wildman–Crippen MR) is 99.1 cm³/mol. The summed E-state index contributed by atoms with van der Waals surface area (Å²) < 4.78 is 0. The van der Waals surface area contributed by atoms with Crippen LogP contribution in [0, 0.1) is 5.92 Å². The predicted octanol–water partition coefficient (Wildman–Crippen LogP) is 2.28. The van der Waals surface area contributed by atoms with Crippen molar-refractivity contribution in [2.45, 2.75) is 57.9 Å². The first-order valence-corrected chi connectivity index (χ1v) is 10.1. The van der Waals surface area contributed by atoms with Gasteiger partial charge in [0, 0.05) is 45.1 Å². The van der Waals surface area contributed by atoms with Crippen molar-refractivity contribution in [3.63, 3.8) is 0 Å². The summed E-state index contributed by atoms with van der Waals surface area (Å²) in [7, 11) is 0. The summed E-state index contributed by atoms with van der Waals surface area (Å²) in [6.07, 6.45) is 11.9. The Kier molecular flexibility index (Phi) is 6.51. The Morgan fingerprint density at radius 1 is 1.04 bits per heavy atom. The van der Waals surface area contributed by atoms with Crippen LogP contribution in [0.1, 0.15) is 51.9 Å². The summed E-state index contributed by atoms with van der Waals surface area (Å²) >= 11 is 0. The van der Waals surface area contributed by atoms with Gasteiger partial charge in [0.1, 0.15) is 0 Å². The molecule has 1 atom stereocenters. The lowest BCUT2D eigenvalue weighted by Crippen LogP contribution is -2.53. The summed E-state index contributed by atoms with van der Waals surface area (Å²) in [6.45, 7) is 7.34. The Morgan fingerprint density at radius 2 is 1.76 bits per heavy atom. The van der Waals surface area contributed by atoms with Crippen molar-refractivity contribution < 1.29 is 9.59 Å². The average molecular weight is 348 g/mol. The van der Waals surface area contributed by atoms with Crippen LogP contribution in [0.15, 0.2) is 12.2 Å². The lowest BCUT2D eigenvalue weighted by atomic mass is 9.99. The van der Waals surface area contributed by atoms with E-state index in [9.17, 15) is 9.59 Å². The van der Waals surface area contributed by atoms with Gasteiger partial charge >= 0.3 is 0 Å². The number of rotatable bonds is 5. The van der Waals surface area contributed by atoms with Crippen molar-refractivity contribution in [2.75, 3.05) is 39.3 Å². The van der Waals surface area contributed by atoms with E-state index in [0.717, 1.165) is 65.0 Å². The topological polar surface area (TPSA) is 43.9 Å². The summed E-state index contributed by atoms with van der Waals surface area (Å²) in [5.74, 6) is 0.575. The third-order valence-corrected chi connectivity index (χ3v) is 6.02. The molecule has 2 amide bonds. The van der Waals surface area contributed by atoms with Crippen molar-refractivity contribution in [1.82, 2.24) is 14.7 Å². The van der Waals surface area contributed by atoms with Gasteiger partial charge in [0.2, 0.25) is 11.8 Å². The minimum atomic E-state index is 0.137. The van der Waals surface area contributed by atoms with Gasteiger partial charge in [0.05, 0.1) is 0 Å². The average Bonchev–Trinajstić information content (AvgIpc) is 3.17. The molecule has 1 aliphatic carbocycles. The molecule has 5 nitrogen and oxygen atoms in total. The van der Waals surface area contributed by atoms with Gasteiger partial charge in [0.15, 0.2) is 0 Å². The molecule has 0 spiro atoms. The summed E-state index contributed by atoms with van der Waals surface area (Å²) in [6, 6.07) is 0.189. The highest BCUT2D eigenvalue weighted by Crippen LogP contribution is 2.24. The smallest absolute Gasteiger partial charge is 0.226 e. The first-order chi connectivity index (χ1) is 12.1. The van der Waals surface area contributed by atoms with E-state index in [1.54, 1.807) is 6.92 Å². The second kappa shape index (κ2) is 8.84. The van der Waals surface area contributed by atoms with Crippen LogP contribution in [0.25, 0.3) is 0 Å². The molecule has 0 bridgehead atoms. The quantitative estimate of drug-likeness (QED) is 0.717. The van der Waals surface area contributed by atoms with Gasteiger partial charge in [-0.05, 0) is 51.6 Å². The number of hydrogen-bond donors (Lipinski definition) is 0. The molecule has 0 saturated carbocycles. The number of hydrogen-bond acceptors (Lipinski definition) is 3. The van der Waals surface area contributed by atoms with Gasteiger partial charge in [0.25, 0.3) is 0 Å². The fourth-order valence-corrected chi connectivity index (χ4v) is 4.52. The molecule has 2 aliphatic heterocycles. The Morgan fingerprint density at radius 3 is 2.44 bits per heavy atom. The van der Waals surface area contributed by atoms with E-state index in [1.165, 1.54) is 19.3 Å². The molecule has 2 saturated heterocycles. The van der Waals surface area contributed by atoms with Crippen molar-refractivity contribution in [3.8, 4) is 0 Å². The Labute approximate surface area is 152 Å². The molecule has 0 radical (unpaired) electrons. The molecule has 0 aromatic rings. The highest BCUT2D eigenvalue weighted by molar-refractivity contribution is 5.80. The van der Waals surface area contributed by atoms with Crippen LogP contribution < -0.4 is 0 Å². The number of carbonyl (C=O) groups excluding carboxylic acids is 2. The minimum Gasteiger partial charge on any atom is -0.340 e. The first kappa shape index (κ1) is 18.4. The highest BCUT2D eigenvalue weighted by Gasteiger charge is 2.32. The fraction of sp³-hybridized carbons (Fsp3) is 0.800. The SMILES string of the molecule is CC(=O)N(CCN1CCCCC1)C1CCCN(C(=O)C2CC=CC2)C1. The van der Waals surface area contributed by atoms with E-state index < -0.39 is 0 Å². The van der Waals surface area contributed by atoms with Crippen LogP contribution in [0.5, 0.6) is 0 Å². The number of amides is 2. The Bertz CT molecular complexity index is 491. The van der Waals surface area contributed by atoms with E-state index in [2.05, 4.69) is 17.1 Å². The minimum absolute atomic E-state index is 0.137. The molecule has 25 heavy (non-hydrogen) atoms. The van der Waals surface area contributed by atoms with Gasteiger partial charge in [-0.1, -0.05) is 18.6 Å². The van der Waals surface area contributed by atoms with E-state index in [1.807, 2.05) is 9.80 Å². The number of likely N-dealkylation sites (tertiary alicyclic amines) is 2. The van der Waals surface area contributed by atoms with Gasteiger partial charge in [-0.3, -0.25) is 9.59 Å². The first-order valence-electron chi connectivity index (χ1n) is 10.1. The molecular formula is C20H33N3O2. The van der Waals surface area contributed by atoms with Crippen molar-refractivity contribution in [3.05, 3.63) is 12.2 Å². The monoisotopic (exact) mass is 347 g/mol.